The van der Waals surface area contributed by atoms with Crippen LogP contribution in [-0.2, 0) is 17.8 Å². The van der Waals surface area contributed by atoms with Gasteiger partial charge in [0.25, 0.3) is 5.91 Å². The van der Waals surface area contributed by atoms with Crippen LogP contribution in [0.3, 0.4) is 0 Å². The Labute approximate surface area is 163 Å². The first-order valence-corrected chi connectivity index (χ1v) is 9.19. The molecule has 28 heavy (non-hydrogen) atoms. The number of carbonyl (C=O) groups is 1. The van der Waals surface area contributed by atoms with Gasteiger partial charge in [0.15, 0.2) is 0 Å². The van der Waals surface area contributed by atoms with Crippen LogP contribution in [0.5, 0.6) is 0 Å². The standard InChI is InChI=1S/C21H23N5O2/c1-14-19(15(2)28-23-14)13-25-12-18(11-22-25)26-16(3)24(4)20(21(26)27)10-17-8-6-5-7-9-17/h5-9,11-12,20H,3,10,13H2,1-2,4H3. The number of benzene rings is 1. The summed E-state index contributed by atoms with van der Waals surface area (Å²) in [5.41, 5.74) is 3.68. The molecule has 4 rings (SSSR count). The van der Waals surface area contributed by atoms with Gasteiger partial charge in [-0.3, -0.25) is 14.4 Å². The summed E-state index contributed by atoms with van der Waals surface area (Å²) in [7, 11) is 1.90. The van der Waals surface area contributed by atoms with Crippen LogP contribution < -0.4 is 4.90 Å². The van der Waals surface area contributed by atoms with Crippen molar-refractivity contribution in [2.24, 2.45) is 0 Å². The van der Waals surface area contributed by atoms with Gasteiger partial charge in [-0.2, -0.15) is 5.10 Å². The third-order valence-electron chi connectivity index (χ3n) is 5.29. The summed E-state index contributed by atoms with van der Waals surface area (Å²) in [6.45, 7) is 8.45. The maximum Gasteiger partial charge on any atom is 0.255 e. The van der Waals surface area contributed by atoms with Crippen LogP contribution in [0, 0.1) is 13.8 Å². The topological polar surface area (TPSA) is 67.4 Å². The molecule has 0 bridgehead atoms. The smallest absolute Gasteiger partial charge is 0.255 e. The molecule has 3 heterocycles. The Kier molecular flexibility index (Phi) is 4.50. The summed E-state index contributed by atoms with van der Waals surface area (Å²) >= 11 is 0. The zero-order chi connectivity index (χ0) is 19.8. The number of aryl methyl sites for hydroxylation is 2. The predicted molar refractivity (Wildman–Crippen MR) is 106 cm³/mol. The van der Waals surface area contributed by atoms with Gasteiger partial charge in [0.05, 0.1) is 24.1 Å². The summed E-state index contributed by atoms with van der Waals surface area (Å²) in [6.07, 6.45) is 4.19. The third-order valence-corrected chi connectivity index (χ3v) is 5.29. The van der Waals surface area contributed by atoms with Crippen molar-refractivity contribution in [3.05, 3.63) is 77.7 Å². The summed E-state index contributed by atoms with van der Waals surface area (Å²) in [4.78, 5) is 16.7. The van der Waals surface area contributed by atoms with Crippen molar-refractivity contribution in [1.82, 2.24) is 19.8 Å². The summed E-state index contributed by atoms with van der Waals surface area (Å²) < 4.78 is 7.00. The molecule has 1 atom stereocenters. The van der Waals surface area contributed by atoms with Crippen molar-refractivity contribution in [3.63, 3.8) is 0 Å². The lowest BCUT2D eigenvalue weighted by molar-refractivity contribution is -0.119. The molecule has 0 aliphatic carbocycles. The fraction of sp³-hybridized carbons (Fsp3) is 0.286. The SMILES string of the molecule is C=C1N(c2cnn(Cc3c(C)noc3C)c2)C(=O)C(Cc2ccccc2)N1C. The molecule has 1 aliphatic rings. The zero-order valence-electron chi connectivity index (χ0n) is 16.3. The third kappa shape index (κ3) is 3.09. The monoisotopic (exact) mass is 377 g/mol. The second-order valence-electron chi connectivity index (χ2n) is 7.11. The first-order chi connectivity index (χ1) is 13.5. The number of amides is 1. The number of hydrogen-bond donors (Lipinski definition) is 0. The highest BCUT2D eigenvalue weighted by Gasteiger charge is 2.40. The van der Waals surface area contributed by atoms with Crippen molar-refractivity contribution in [2.75, 3.05) is 11.9 Å². The highest BCUT2D eigenvalue weighted by Crippen LogP contribution is 2.30. The number of rotatable bonds is 5. The molecule has 0 radical (unpaired) electrons. The number of carbonyl (C=O) groups excluding carboxylic acids is 1. The van der Waals surface area contributed by atoms with Crippen molar-refractivity contribution in [2.45, 2.75) is 32.9 Å². The minimum Gasteiger partial charge on any atom is -0.361 e. The minimum atomic E-state index is -0.277. The predicted octanol–water partition coefficient (Wildman–Crippen LogP) is 2.90. The van der Waals surface area contributed by atoms with E-state index in [1.54, 1.807) is 15.8 Å². The molecule has 1 saturated heterocycles. The number of hydrogen-bond acceptors (Lipinski definition) is 5. The van der Waals surface area contributed by atoms with Crippen LogP contribution in [0.4, 0.5) is 5.69 Å². The molecule has 1 aliphatic heterocycles. The average molecular weight is 377 g/mol. The maximum atomic E-state index is 13.1. The lowest BCUT2D eigenvalue weighted by Gasteiger charge is -2.19. The first-order valence-electron chi connectivity index (χ1n) is 9.19. The van der Waals surface area contributed by atoms with Crippen molar-refractivity contribution < 1.29 is 9.32 Å². The molecule has 3 aromatic rings. The van der Waals surface area contributed by atoms with Crippen molar-refractivity contribution in [3.8, 4) is 0 Å². The van der Waals surface area contributed by atoms with Gasteiger partial charge >= 0.3 is 0 Å². The quantitative estimate of drug-likeness (QED) is 0.684. The largest absolute Gasteiger partial charge is 0.361 e. The Morgan fingerprint density at radius 2 is 1.96 bits per heavy atom. The van der Waals surface area contributed by atoms with E-state index in [0.717, 1.165) is 22.6 Å². The molecule has 0 spiro atoms. The van der Waals surface area contributed by atoms with E-state index in [2.05, 4.69) is 16.8 Å². The Balaban J connectivity index is 1.55. The van der Waals surface area contributed by atoms with Gasteiger partial charge in [0.1, 0.15) is 17.6 Å². The van der Waals surface area contributed by atoms with Crippen LogP contribution >= 0.6 is 0 Å². The van der Waals surface area contributed by atoms with Gasteiger partial charge in [-0.25, -0.2) is 0 Å². The van der Waals surface area contributed by atoms with E-state index in [1.807, 2.05) is 62.3 Å². The van der Waals surface area contributed by atoms with E-state index in [1.165, 1.54) is 0 Å². The Morgan fingerprint density at radius 3 is 2.64 bits per heavy atom. The molecule has 7 heteroatoms. The second kappa shape index (κ2) is 6.99. The molecule has 7 nitrogen and oxygen atoms in total. The van der Waals surface area contributed by atoms with Gasteiger partial charge in [0, 0.05) is 25.2 Å². The summed E-state index contributed by atoms with van der Waals surface area (Å²) in [6, 6.07) is 9.74. The summed E-state index contributed by atoms with van der Waals surface area (Å²) in [5, 5.41) is 8.39. The number of nitrogens with zero attached hydrogens (tertiary/aromatic N) is 5. The van der Waals surface area contributed by atoms with Gasteiger partial charge in [-0.1, -0.05) is 42.1 Å². The molecule has 1 fully saturated rings. The molecule has 1 amide bonds. The van der Waals surface area contributed by atoms with E-state index < -0.39 is 0 Å². The fourth-order valence-corrected chi connectivity index (χ4v) is 3.56. The van der Waals surface area contributed by atoms with Crippen LogP contribution in [0.15, 0.2) is 59.6 Å². The normalized spacial score (nSPS) is 17.0. The van der Waals surface area contributed by atoms with Crippen LogP contribution in [-0.4, -0.2) is 38.8 Å². The Morgan fingerprint density at radius 1 is 1.21 bits per heavy atom. The zero-order valence-corrected chi connectivity index (χ0v) is 16.3. The van der Waals surface area contributed by atoms with Crippen molar-refractivity contribution >= 4 is 11.6 Å². The van der Waals surface area contributed by atoms with Crippen LogP contribution in [0.2, 0.25) is 0 Å². The van der Waals surface area contributed by atoms with E-state index in [0.29, 0.717) is 24.5 Å². The lowest BCUT2D eigenvalue weighted by Crippen LogP contribution is -2.33. The minimum absolute atomic E-state index is 0.00763. The van der Waals surface area contributed by atoms with Gasteiger partial charge < -0.3 is 9.42 Å². The molecular formula is C21H23N5O2. The van der Waals surface area contributed by atoms with E-state index >= 15 is 0 Å². The second-order valence-corrected chi connectivity index (χ2v) is 7.11. The molecule has 144 valence electrons. The lowest BCUT2D eigenvalue weighted by atomic mass is 10.1. The van der Waals surface area contributed by atoms with Crippen LogP contribution in [0.1, 0.15) is 22.6 Å². The van der Waals surface area contributed by atoms with E-state index in [9.17, 15) is 4.79 Å². The summed E-state index contributed by atoms with van der Waals surface area (Å²) in [5.74, 6) is 1.44. The highest BCUT2D eigenvalue weighted by molar-refractivity contribution is 6.02. The molecular weight excluding hydrogens is 354 g/mol. The molecule has 1 unspecified atom stereocenters. The average Bonchev–Trinajstić information content (AvgIpc) is 3.33. The molecule has 0 N–H and O–H groups in total. The molecule has 2 aromatic heterocycles. The highest BCUT2D eigenvalue weighted by atomic mass is 16.5. The first kappa shape index (κ1) is 18.0. The van der Waals surface area contributed by atoms with E-state index in [-0.39, 0.29) is 11.9 Å². The molecule has 1 aromatic carbocycles. The van der Waals surface area contributed by atoms with Crippen LogP contribution in [0.25, 0.3) is 0 Å². The number of anilines is 1. The van der Waals surface area contributed by atoms with Gasteiger partial charge in [0.2, 0.25) is 0 Å². The Hall–Kier alpha value is -3.35. The maximum absolute atomic E-state index is 13.1. The fourth-order valence-electron chi connectivity index (χ4n) is 3.56. The number of aromatic nitrogens is 3. The Bertz CT molecular complexity index is 1000. The van der Waals surface area contributed by atoms with Crippen molar-refractivity contribution in [1.29, 1.82) is 0 Å². The van der Waals surface area contributed by atoms with Gasteiger partial charge in [-0.05, 0) is 19.4 Å². The molecule has 0 saturated carbocycles. The van der Waals surface area contributed by atoms with Gasteiger partial charge in [-0.15, -0.1) is 0 Å². The van der Waals surface area contributed by atoms with E-state index in [4.69, 9.17) is 4.52 Å². The number of likely N-dealkylation sites (N-methyl/N-ethyl adjacent to an activating group) is 1.